The highest BCUT2D eigenvalue weighted by Crippen LogP contribution is 2.18. The molecule has 1 rings (SSSR count). The van der Waals surface area contributed by atoms with Crippen LogP contribution >= 0.6 is 31.9 Å². The zero-order valence-corrected chi connectivity index (χ0v) is 8.76. The second-order valence-corrected chi connectivity index (χ2v) is 3.81. The van der Waals surface area contributed by atoms with Crippen molar-refractivity contribution in [3.63, 3.8) is 0 Å². The van der Waals surface area contributed by atoms with Gasteiger partial charge in [0.25, 0.3) is 0 Å². The molecule has 0 saturated carbocycles. The normalized spacial score (nSPS) is 10.7. The topological polar surface area (TPSA) is 38.4 Å². The van der Waals surface area contributed by atoms with Crippen molar-refractivity contribution in [2.45, 2.75) is 0 Å². The fourth-order valence-corrected chi connectivity index (χ4v) is 2.06. The van der Waals surface area contributed by atoms with E-state index < -0.39 is 0 Å². The van der Waals surface area contributed by atoms with Crippen LogP contribution < -0.4 is 5.84 Å². The van der Waals surface area contributed by atoms with Crippen LogP contribution in [0.15, 0.2) is 32.2 Å². The second-order valence-electron chi connectivity index (χ2n) is 1.98. The van der Waals surface area contributed by atoms with Crippen molar-refractivity contribution in [1.82, 2.24) is 0 Å². The van der Waals surface area contributed by atoms with Crippen molar-refractivity contribution in [2.75, 3.05) is 0 Å². The number of rotatable bonds is 1. The number of hydrogen-bond acceptors (Lipinski definition) is 2. The summed E-state index contributed by atoms with van der Waals surface area (Å²) in [6.45, 7) is 0. The molecule has 0 saturated heterocycles. The Balaban J connectivity index is 3.08. The zero-order chi connectivity index (χ0) is 8.27. The van der Waals surface area contributed by atoms with E-state index >= 15 is 0 Å². The van der Waals surface area contributed by atoms with Gasteiger partial charge in [-0.3, -0.25) is 0 Å². The van der Waals surface area contributed by atoms with Crippen LogP contribution in [0.5, 0.6) is 0 Å². The molecule has 2 N–H and O–H groups in total. The predicted molar refractivity (Wildman–Crippen MR) is 53.6 cm³/mol. The van der Waals surface area contributed by atoms with Crippen LogP contribution in [0.3, 0.4) is 0 Å². The van der Waals surface area contributed by atoms with E-state index in [9.17, 15) is 0 Å². The Kier molecular flexibility index (Phi) is 3.08. The van der Waals surface area contributed by atoms with Crippen molar-refractivity contribution in [1.29, 1.82) is 0 Å². The van der Waals surface area contributed by atoms with E-state index in [1.54, 1.807) is 6.21 Å². The molecular formula is C7H6Br2N2. The highest BCUT2D eigenvalue weighted by molar-refractivity contribution is 9.11. The van der Waals surface area contributed by atoms with Gasteiger partial charge in [0.2, 0.25) is 0 Å². The highest BCUT2D eigenvalue weighted by atomic mass is 79.9. The van der Waals surface area contributed by atoms with Gasteiger partial charge in [-0.05, 0) is 23.8 Å². The summed E-state index contributed by atoms with van der Waals surface area (Å²) in [5.74, 6) is 5.00. The maximum atomic E-state index is 5.00. The zero-order valence-electron chi connectivity index (χ0n) is 5.59. The molecule has 0 aliphatic rings. The van der Waals surface area contributed by atoms with Crippen LogP contribution in [0.25, 0.3) is 0 Å². The van der Waals surface area contributed by atoms with Crippen LogP contribution in [0, 0.1) is 0 Å². The van der Waals surface area contributed by atoms with Crippen molar-refractivity contribution >= 4 is 38.1 Å². The minimum atomic E-state index is 0.966. The third-order valence-corrected chi connectivity index (χ3v) is 2.02. The molecule has 0 amide bonds. The van der Waals surface area contributed by atoms with E-state index in [2.05, 4.69) is 37.0 Å². The number of nitrogens with zero attached hydrogens (tertiary/aromatic N) is 1. The van der Waals surface area contributed by atoms with Crippen molar-refractivity contribution in [2.24, 2.45) is 10.9 Å². The number of halogens is 2. The predicted octanol–water partition coefficient (Wildman–Crippen LogP) is 2.50. The number of hydrogen-bond donors (Lipinski definition) is 1. The first-order valence-electron chi connectivity index (χ1n) is 2.92. The van der Waals surface area contributed by atoms with Gasteiger partial charge in [0.1, 0.15) is 0 Å². The largest absolute Gasteiger partial charge is 0.323 e. The summed E-state index contributed by atoms with van der Waals surface area (Å²) in [5, 5.41) is 3.42. The quantitative estimate of drug-likeness (QED) is 0.478. The molecule has 0 heterocycles. The monoisotopic (exact) mass is 276 g/mol. The average molecular weight is 278 g/mol. The highest BCUT2D eigenvalue weighted by Gasteiger charge is 1.93. The SMILES string of the molecule is N/N=C/c1cc(Br)cc(Br)c1. The Morgan fingerprint density at radius 2 is 1.73 bits per heavy atom. The van der Waals surface area contributed by atoms with E-state index in [0.29, 0.717) is 0 Å². The van der Waals surface area contributed by atoms with E-state index in [1.165, 1.54) is 0 Å². The first-order valence-corrected chi connectivity index (χ1v) is 4.50. The standard InChI is InChI=1S/C7H6Br2N2/c8-6-1-5(4-11-10)2-7(9)3-6/h1-4H,10H2/b11-4+. The molecule has 0 radical (unpaired) electrons. The molecule has 0 fully saturated rings. The van der Waals surface area contributed by atoms with Gasteiger partial charge in [0.15, 0.2) is 0 Å². The van der Waals surface area contributed by atoms with Crippen LogP contribution in [-0.4, -0.2) is 6.21 Å². The molecule has 4 heteroatoms. The lowest BCUT2D eigenvalue weighted by Crippen LogP contribution is -1.86. The molecule has 0 aromatic heterocycles. The molecule has 2 nitrogen and oxygen atoms in total. The van der Waals surface area contributed by atoms with Gasteiger partial charge >= 0.3 is 0 Å². The Hall–Kier alpha value is -0.350. The molecule has 58 valence electrons. The first-order chi connectivity index (χ1) is 5.22. The van der Waals surface area contributed by atoms with Gasteiger partial charge in [-0.2, -0.15) is 5.10 Å². The van der Waals surface area contributed by atoms with Crippen molar-refractivity contribution in [3.05, 3.63) is 32.7 Å². The van der Waals surface area contributed by atoms with Gasteiger partial charge in [-0.25, -0.2) is 0 Å². The summed E-state index contributed by atoms with van der Waals surface area (Å²) < 4.78 is 2.00. The summed E-state index contributed by atoms with van der Waals surface area (Å²) in [7, 11) is 0. The fourth-order valence-electron chi connectivity index (χ4n) is 0.736. The van der Waals surface area contributed by atoms with Crippen molar-refractivity contribution in [3.8, 4) is 0 Å². The van der Waals surface area contributed by atoms with Gasteiger partial charge < -0.3 is 5.84 Å². The lowest BCUT2D eigenvalue weighted by atomic mass is 10.2. The van der Waals surface area contributed by atoms with Gasteiger partial charge in [-0.15, -0.1) is 0 Å². The van der Waals surface area contributed by atoms with Gasteiger partial charge in [0.05, 0.1) is 6.21 Å². The Morgan fingerprint density at radius 1 is 1.18 bits per heavy atom. The molecule has 0 bridgehead atoms. The van der Waals surface area contributed by atoms with Crippen LogP contribution in [0.1, 0.15) is 5.56 Å². The summed E-state index contributed by atoms with van der Waals surface area (Å²) in [5.41, 5.74) is 0.966. The minimum Gasteiger partial charge on any atom is -0.323 e. The van der Waals surface area contributed by atoms with Crippen molar-refractivity contribution < 1.29 is 0 Å². The fraction of sp³-hybridized carbons (Fsp3) is 0. The lowest BCUT2D eigenvalue weighted by molar-refractivity contribution is 1.26. The van der Waals surface area contributed by atoms with Gasteiger partial charge in [-0.1, -0.05) is 31.9 Å². The molecule has 0 atom stereocenters. The van der Waals surface area contributed by atoms with E-state index in [-0.39, 0.29) is 0 Å². The number of benzene rings is 1. The molecule has 0 unspecified atom stereocenters. The van der Waals surface area contributed by atoms with Crippen LogP contribution in [0.4, 0.5) is 0 Å². The molecular weight excluding hydrogens is 272 g/mol. The maximum absolute atomic E-state index is 5.00. The molecule has 1 aromatic carbocycles. The average Bonchev–Trinajstić information content (AvgIpc) is 1.85. The van der Waals surface area contributed by atoms with Crippen LogP contribution in [0.2, 0.25) is 0 Å². The lowest BCUT2D eigenvalue weighted by Gasteiger charge is -1.95. The third-order valence-electron chi connectivity index (χ3n) is 1.11. The Bertz CT molecular complexity index is 264. The second kappa shape index (κ2) is 3.88. The molecule has 1 aromatic rings. The molecule has 0 aliphatic heterocycles. The molecule has 0 spiro atoms. The summed E-state index contributed by atoms with van der Waals surface area (Å²) in [6, 6.07) is 5.82. The minimum absolute atomic E-state index is 0.966. The maximum Gasteiger partial charge on any atom is 0.0538 e. The number of hydrazone groups is 1. The summed E-state index contributed by atoms with van der Waals surface area (Å²) in [6.07, 6.45) is 1.59. The summed E-state index contributed by atoms with van der Waals surface area (Å²) >= 11 is 6.70. The van der Waals surface area contributed by atoms with Gasteiger partial charge in [0, 0.05) is 8.95 Å². The first kappa shape index (κ1) is 8.74. The summed E-state index contributed by atoms with van der Waals surface area (Å²) in [4.78, 5) is 0. The smallest absolute Gasteiger partial charge is 0.0538 e. The molecule has 11 heavy (non-hydrogen) atoms. The Labute approximate surface area is 81.7 Å². The number of nitrogens with two attached hydrogens (primary N) is 1. The van der Waals surface area contributed by atoms with E-state index in [0.717, 1.165) is 14.5 Å². The van der Waals surface area contributed by atoms with Crippen LogP contribution in [-0.2, 0) is 0 Å². The Morgan fingerprint density at radius 3 is 2.18 bits per heavy atom. The van der Waals surface area contributed by atoms with E-state index in [4.69, 9.17) is 5.84 Å². The molecule has 0 aliphatic carbocycles. The van der Waals surface area contributed by atoms with E-state index in [1.807, 2.05) is 18.2 Å². The third kappa shape index (κ3) is 2.63.